The first kappa shape index (κ1) is 22.2. The first-order chi connectivity index (χ1) is 15.3. The molecule has 1 atom stereocenters. The molecule has 1 aromatic carbocycles. The number of thiazole rings is 1. The normalized spacial score (nSPS) is 17.7. The number of esters is 1. The van der Waals surface area contributed by atoms with Crippen molar-refractivity contribution in [2.24, 2.45) is 0 Å². The molecule has 1 fully saturated rings. The van der Waals surface area contributed by atoms with Crippen molar-refractivity contribution >= 4 is 62.8 Å². The second-order valence-corrected chi connectivity index (χ2v) is 9.22. The van der Waals surface area contributed by atoms with Crippen LogP contribution < -0.4 is 4.90 Å². The van der Waals surface area contributed by atoms with E-state index in [4.69, 9.17) is 16.3 Å². The third-order valence-corrected chi connectivity index (χ3v) is 7.14. The zero-order valence-electron chi connectivity index (χ0n) is 17.0. The molecule has 1 saturated heterocycles. The van der Waals surface area contributed by atoms with Gasteiger partial charge in [-0.3, -0.25) is 14.5 Å². The number of anilines is 1. The van der Waals surface area contributed by atoms with Gasteiger partial charge in [-0.25, -0.2) is 9.78 Å². The lowest BCUT2D eigenvalue weighted by Crippen LogP contribution is -2.29. The number of hydrogen-bond donors (Lipinski definition) is 1. The van der Waals surface area contributed by atoms with E-state index in [2.05, 4.69) is 4.98 Å². The number of benzene rings is 1. The fourth-order valence-corrected chi connectivity index (χ4v) is 5.32. The van der Waals surface area contributed by atoms with E-state index < -0.39 is 23.7 Å². The van der Waals surface area contributed by atoms with E-state index in [9.17, 15) is 19.5 Å². The smallest absolute Gasteiger partial charge is 0.350 e. The van der Waals surface area contributed by atoms with Crippen LogP contribution >= 0.6 is 34.3 Å². The number of ketones is 1. The van der Waals surface area contributed by atoms with Crippen LogP contribution in [-0.2, 0) is 14.3 Å². The summed E-state index contributed by atoms with van der Waals surface area (Å²) in [6.07, 6.45) is 0. The van der Waals surface area contributed by atoms with Gasteiger partial charge in [-0.1, -0.05) is 29.0 Å². The largest absolute Gasteiger partial charge is 0.507 e. The molecule has 10 heteroatoms. The number of nitrogens with zero attached hydrogens (tertiary/aromatic N) is 2. The van der Waals surface area contributed by atoms with E-state index in [-0.39, 0.29) is 27.9 Å². The minimum Gasteiger partial charge on any atom is -0.507 e. The van der Waals surface area contributed by atoms with E-state index in [0.717, 1.165) is 11.3 Å². The standard InChI is InChI=1S/C22H17ClN2O5S2/c1-3-30-21(29)19-11(2)24-22(32-19)25-16(14-5-4-10-31-14)15(18(27)20(25)28)17(26)12-6-8-13(23)9-7-12/h4-10,16,26H,3H2,1-2H3/b17-15+/t16-/m1/s1. The molecule has 32 heavy (non-hydrogen) atoms. The molecule has 3 heterocycles. The van der Waals surface area contributed by atoms with Crippen LogP contribution in [0.2, 0.25) is 5.02 Å². The molecule has 0 radical (unpaired) electrons. The number of rotatable bonds is 5. The molecule has 1 aliphatic heterocycles. The number of carbonyl (C=O) groups is 3. The van der Waals surface area contributed by atoms with Gasteiger partial charge in [-0.15, -0.1) is 11.3 Å². The van der Waals surface area contributed by atoms with Gasteiger partial charge in [0.25, 0.3) is 5.78 Å². The first-order valence-corrected chi connectivity index (χ1v) is 11.7. The maximum Gasteiger partial charge on any atom is 0.350 e. The topological polar surface area (TPSA) is 96.8 Å². The van der Waals surface area contributed by atoms with Crippen LogP contribution in [0.1, 0.15) is 38.8 Å². The Balaban J connectivity index is 1.87. The van der Waals surface area contributed by atoms with Crippen molar-refractivity contribution in [3.8, 4) is 0 Å². The fourth-order valence-electron chi connectivity index (χ4n) is 3.38. The highest BCUT2D eigenvalue weighted by molar-refractivity contribution is 7.18. The molecule has 1 N–H and O–H groups in total. The van der Waals surface area contributed by atoms with Crippen molar-refractivity contribution in [3.63, 3.8) is 0 Å². The molecule has 2 aromatic heterocycles. The Morgan fingerprint density at radius 2 is 1.97 bits per heavy atom. The van der Waals surface area contributed by atoms with Gasteiger partial charge in [-0.2, -0.15) is 0 Å². The number of amides is 1. The SMILES string of the molecule is CCOC(=O)c1sc(N2C(=O)C(=O)/C(=C(/O)c3ccc(Cl)cc3)[C@H]2c2cccs2)nc1C. The zero-order valence-corrected chi connectivity index (χ0v) is 19.4. The summed E-state index contributed by atoms with van der Waals surface area (Å²) in [7, 11) is 0. The summed E-state index contributed by atoms with van der Waals surface area (Å²) in [6.45, 7) is 3.53. The predicted molar refractivity (Wildman–Crippen MR) is 123 cm³/mol. The summed E-state index contributed by atoms with van der Waals surface area (Å²) in [5.41, 5.74) is 0.703. The Morgan fingerprint density at radius 3 is 2.59 bits per heavy atom. The third-order valence-electron chi connectivity index (χ3n) is 4.83. The summed E-state index contributed by atoms with van der Waals surface area (Å²) in [5, 5.41) is 13.5. The number of aliphatic hydroxyl groups is 1. The van der Waals surface area contributed by atoms with Gasteiger partial charge in [0.15, 0.2) is 5.13 Å². The maximum atomic E-state index is 13.1. The highest BCUT2D eigenvalue weighted by Crippen LogP contribution is 2.45. The van der Waals surface area contributed by atoms with Crippen LogP contribution in [0.15, 0.2) is 47.4 Å². The van der Waals surface area contributed by atoms with Crippen molar-refractivity contribution in [1.82, 2.24) is 4.98 Å². The van der Waals surface area contributed by atoms with E-state index in [1.165, 1.54) is 16.2 Å². The molecule has 0 unspecified atom stereocenters. The van der Waals surface area contributed by atoms with Gasteiger partial charge in [0.2, 0.25) is 0 Å². The fraction of sp³-hybridized carbons (Fsp3) is 0.182. The second kappa shape index (κ2) is 8.85. The Kier molecular flexibility index (Phi) is 6.14. The number of carbonyl (C=O) groups excluding carboxylic acids is 3. The van der Waals surface area contributed by atoms with Gasteiger partial charge in [0.05, 0.1) is 17.9 Å². The Labute approximate surface area is 196 Å². The number of ether oxygens (including phenoxy) is 1. The number of Topliss-reactive ketones (excluding diaryl/α,β-unsaturated/α-hetero) is 1. The van der Waals surface area contributed by atoms with Crippen LogP contribution in [0.25, 0.3) is 5.76 Å². The number of hydrogen-bond acceptors (Lipinski definition) is 8. The highest BCUT2D eigenvalue weighted by atomic mass is 35.5. The van der Waals surface area contributed by atoms with E-state index in [1.807, 2.05) is 5.38 Å². The van der Waals surface area contributed by atoms with Gasteiger partial charge in [-0.05, 0) is 49.6 Å². The minimum atomic E-state index is -0.883. The summed E-state index contributed by atoms with van der Waals surface area (Å²) in [4.78, 5) is 44.9. The minimum absolute atomic E-state index is 0.0506. The monoisotopic (exact) mass is 488 g/mol. The van der Waals surface area contributed by atoms with Crippen molar-refractivity contribution in [3.05, 3.63) is 73.4 Å². The predicted octanol–water partition coefficient (Wildman–Crippen LogP) is 4.97. The van der Waals surface area contributed by atoms with Crippen LogP contribution in [0.4, 0.5) is 5.13 Å². The molecule has 3 aromatic rings. The second-order valence-electron chi connectivity index (χ2n) is 6.82. The van der Waals surface area contributed by atoms with Gasteiger partial charge < -0.3 is 9.84 Å². The summed E-state index contributed by atoms with van der Waals surface area (Å²) < 4.78 is 5.06. The molecule has 0 aliphatic carbocycles. The van der Waals surface area contributed by atoms with Crippen LogP contribution in [-0.4, -0.2) is 34.4 Å². The quantitative estimate of drug-likeness (QED) is 0.236. The van der Waals surface area contributed by atoms with Gasteiger partial charge in [0.1, 0.15) is 16.7 Å². The Morgan fingerprint density at radius 1 is 1.25 bits per heavy atom. The van der Waals surface area contributed by atoms with Crippen molar-refractivity contribution in [1.29, 1.82) is 0 Å². The molecular formula is C22H17ClN2O5S2. The van der Waals surface area contributed by atoms with Crippen LogP contribution in [0.3, 0.4) is 0 Å². The zero-order chi connectivity index (χ0) is 23.0. The molecule has 0 bridgehead atoms. The van der Waals surface area contributed by atoms with Crippen LogP contribution in [0, 0.1) is 6.92 Å². The maximum absolute atomic E-state index is 13.1. The molecule has 1 amide bonds. The van der Waals surface area contributed by atoms with Gasteiger partial charge >= 0.3 is 11.9 Å². The lowest BCUT2D eigenvalue weighted by molar-refractivity contribution is -0.132. The number of aromatic nitrogens is 1. The van der Waals surface area contributed by atoms with Crippen LogP contribution in [0.5, 0.6) is 0 Å². The summed E-state index contributed by atoms with van der Waals surface area (Å²) >= 11 is 8.25. The Hall–Kier alpha value is -3.01. The lowest BCUT2D eigenvalue weighted by atomic mass is 10.00. The lowest BCUT2D eigenvalue weighted by Gasteiger charge is -2.21. The molecule has 0 spiro atoms. The van der Waals surface area contributed by atoms with Gasteiger partial charge in [0, 0.05) is 15.5 Å². The number of thiophene rings is 1. The molecule has 164 valence electrons. The van der Waals surface area contributed by atoms with E-state index in [0.29, 0.717) is 21.2 Å². The van der Waals surface area contributed by atoms with Crippen molar-refractivity contribution in [2.45, 2.75) is 19.9 Å². The van der Waals surface area contributed by atoms with E-state index in [1.54, 1.807) is 50.2 Å². The summed E-state index contributed by atoms with van der Waals surface area (Å²) in [5.74, 6) is -2.51. The highest BCUT2D eigenvalue weighted by Gasteiger charge is 2.48. The van der Waals surface area contributed by atoms with E-state index >= 15 is 0 Å². The number of aliphatic hydroxyl groups excluding tert-OH is 1. The molecule has 7 nitrogen and oxygen atoms in total. The third kappa shape index (κ3) is 3.83. The van der Waals surface area contributed by atoms with Crippen molar-refractivity contribution in [2.75, 3.05) is 11.5 Å². The van der Waals surface area contributed by atoms with Crippen molar-refractivity contribution < 1.29 is 24.2 Å². The molecule has 0 saturated carbocycles. The molecule has 4 rings (SSSR count). The number of aryl methyl sites for hydroxylation is 1. The average Bonchev–Trinajstić information content (AvgIpc) is 3.48. The number of halogens is 1. The average molecular weight is 489 g/mol. The first-order valence-electron chi connectivity index (χ1n) is 9.58. The summed E-state index contributed by atoms with van der Waals surface area (Å²) in [6, 6.07) is 9.00. The molecular weight excluding hydrogens is 472 g/mol. The Bertz CT molecular complexity index is 1230. The molecule has 1 aliphatic rings.